The molecule has 0 aromatic heterocycles. The second kappa shape index (κ2) is 9.05. The molecule has 0 atom stereocenters. The number of ether oxygens (including phenoxy) is 2. The van der Waals surface area contributed by atoms with E-state index in [4.69, 9.17) is 21.7 Å². The molecular weight excluding hydrogens is 366 g/mol. The van der Waals surface area contributed by atoms with Gasteiger partial charge in [0, 0.05) is 13.0 Å². The van der Waals surface area contributed by atoms with E-state index < -0.39 is 0 Å². The molecule has 26 heavy (non-hydrogen) atoms. The lowest BCUT2D eigenvalue weighted by molar-refractivity contribution is -0.123. The molecule has 2 aromatic rings. The number of hydrogen-bond donors (Lipinski definition) is 0. The van der Waals surface area contributed by atoms with Crippen LogP contribution < -0.4 is 9.47 Å². The zero-order valence-corrected chi connectivity index (χ0v) is 16.3. The number of rotatable bonds is 8. The van der Waals surface area contributed by atoms with E-state index in [0.717, 1.165) is 24.3 Å². The highest BCUT2D eigenvalue weighted by Crippen LogP contribution is 2.20. The highest BCUT2D eigenvalue weighted by molar-refractivity contribution is 8.23. The molecule has 1 amide bonds. The van der Waals surface area contributed by atoms with Crippen molar-refractivity contribution in [2.24, 2.45) is 0 Å². The smallest absolute Gasteiger partial charge is 0.238 e. The van der Waals surface area contributed by atoms with Gasteiger partial charge in [-0.15, -0.1) is 0 Å². The molecule has 0 radical (unpaired) electrons. The Morgan fingerprint density at radius 1 is 1.00 bits per heavy atom. The van der Waals surface area contributed by atoms with Gasteiger partial charge in [0.25, 0.3) is 0 Å². The van der Waals surface area contributed by atoms with Crippen LogP contribution in [0.15, 0.2) is 48.5 Å². The highest BCUT2D eigenvalue weighted by Gasteiger charge is 2.25. The topological polar surface area (TPSA) is 38.8 Å². The fourth-order valence-corrected chi connectivity index (χ4v) is 3.79. The summed E-state index contributed by atoms with van der Waals surface area (Å²) >= 11 is 6.64. The Bertz CT molecular complexity index is 744. The third-order valence-corrected chi connectivity index (χ3v) is 5.64. The summed E-state index contributed by atoms with van der Waals surface area (Å²) in [6.07, 6.45) is 1.64. The summed E-state index contributed by atoms with van der Waals surface area (Å²) in [6.45, 7) is 1.27. The monoisotopic (exact) mass is 387 g/mol. The molecule has 1 fully saturated rings. The quantitative estimate of drug-likeness (QED) is 0.646. The number of methoxy groups -OCH3 is 1. The number of nitrogens with zero attached hydrogens (tertiary/aromatic N) is 1. The maximum atomic E-state index is 11.7. The number of hydrogen-bond acceptors (Lipinski definition) is 5. The number of carbonyl (C=O) groups excluding carboxylic acids is 1. The van der Waals surface area contributed by atoms with Crippen LogP contribution in [0.3, 0.4) is 0 Å². The van der Waals surface area contributed by atoms with Crippen LogP contribution in [0.2, 0.25) is 0 Å². The molecule has 136 valence electrons. The van der Waals surface area contributed by atoms with Gasteiger partial charge in [-0.25, -0.2) is 0 Å². The molecule has 3 rings (SSSR count). The Kier molecular flexibility index (Phi) is 6.52. The van der Waals surface area contributed by atoms with Crippen molar-refractivity contribution in [1.29, 1.82) is 0 Å². The Morgan fingerprint density at radius 2 is 1.62 bits per heavy atom. The molecule has 0 N–H and O–H groups in total. The molecule has 1 heterocycles. The standard InChI is InChI=1S/C20H21NO3S2/c1-23-17-6-2-16(3-7-17)11-13-24-18-8-4-15(5-9-18)10-12-21-19(22)14-26-20(21)25/h2-9H,10-14H2,1H3. The number of thioether (sulfide) groups is 1. The lowest BCUT2D eigenvalue weighted by atomic mass is 10.1. The lowest BCUT2D eigenvalue weighted by Crippen LogP contribution is -2.30. The van der Waals surface area contributed by atoms with Crippen LogP contribution in [0.1, 0.15) is 11.1 Å². The first-order chi connectivity index (χ1) is 12.7. The second-order valence-corrected chi connectivity index (χ2v) is 7.55. The van der Waals surface area contributed by atoms with E-state index in [2.05, 4.69) is 0 Å². The summed E-state index contributed by atoms with van der Waals surface area (Å²) in [6, 6.07) is 16.0. The van der Waals surface area contributed by atoms with Crippen LogP contribution in [0.25, 0.3) is 0 Å². The SMILES string of the molecule is COc1ccc(CCOc2ccc(CCN3C(=O)CSC3=S)cc2)cc1. The van der Waals surface area contributed by atoms with Crippen molar-refractivity contribution in [2.75, 3.05) is 26.0 Å². The molecule has 0 unspecified atom stereocenters. The van der Waals surface area contributed by atoms with E-state index in [0.29, 0.717) is 23.2 Å². The van der Waals surface area contributed by atoms with E-state index in [-0.39, 0.29) is 5.91 Å². The van der Waals surface area contributed by atoms with Crippen molar-refractivity contribution in [2.45, 2.75) is 12.8 Å². The van der Waals surface area contributed by atoms with Crippen LogP contribution in [-0.4, -0.2) is 41.1 Å². The van der Waals surface area contributed by atoms with Gasteiger partial charge < -0.3 is 9.47 Å². The lowest BCUT2D eigenvalue weighted by Gasteiger charge is -2.14. The maximum absolute atomic E-state index is 11.7. The Balaban J connectivity index is 1.43. The number of thiocarbonyl (C=S) groups is 1. The van der Waals surface area contributed by atoms with Crippen molar-refractivity contribution in [3.63, 3.8) is 0 Å². The summed E-state index contributed by atoms with van der Waals surface area (Å²) in [5, 5.41) is 0. The largest absolute Gasteiger partial charge is 0.497 e. The summed E-state index contributed by atoms with van der Waals surface area (Å²) in [7, 11) is 1.66. The summed E-state index contributed by atoms with van der Waals surface area (Å²) in [5.41, 5.74) is 2.38. The van der Waals surface area contributed by atoms with Gasteiger partial charge in [-0.1, -0.05) is 48.2 Å². The van der Waals surface area contributed by atoms with Gasteiger partial charge in [-0.2, -0.15) is 0 Å². The van der Waals surface area contributed by atoms with E-state index in [1.807, 2.05) is 48.5 Å². The first kappa shape index (κ1) is 18.7. The average molecular weight is 388 g/mol. The molecule has 1 saturated heterocycles. The first-order valence-corrected chi connectivity index (χ1v) is 9.87. The minimum Gasteiger partial charge on any atom is -0.497 e. The van der Waals surface area contributed by atoms with Crippen molar-refractivity contribution in [3.05, 3.63) is 59.7 Å². The second-order valence-electron chi connectivity index (χ2n) is 5.94. The van der Waals surface area contributed by atoms with Crippen molar-refractivity contribution >= 4 is 34.2 Å². The van der Waals surface area contributed by atoms with Gasteiger partial charge in [0.05, 0.1) is 19.5 Å². The normalized spacial score (nSPS) is 14.0. The number of carbonyl (C=O) groups is 1. The summed E-state index contributed by atoms with van der Waals surface area (Å²) < 4.78 is 11.7. The van der Waals surface area contributed by atoms with E-state index >= 15 is 0 Å². The Labute approximate surface area is 163 Å². The summed E-state index contributed by atoms with van der Waals surface area (Å²) in [5.74, 6) is 2.30. The molecule has 6 heteroatoms. The van der Waals surface area contributed by atoms with E-state index in [9.17, 15) is 4.79 Å². The Morgan fingerprint density at radius 3 is 2.19 bits per heavy atom. The van der Waals surface area contributed by atoms with Gasteiger partial charge in [0.15, 0.2) is 0 Å². The van der Waals surface area contributed by atoms with Crippen molar-refractivity contribution in [3.8, 4) is 11.5 Å². The van der Waals surface area contributed by atoms with Gasteiger partial charge in [-0.05, 0) is 41.8 Å². The zero-order chi connectivity index (χ0) is 18.4. The predicted octanol–water partition coefficient (Wildman–Crippen LogP) is 3.72. The fourth-order valence-electron chi connectivity index (χ4n) is 2.67. The minimum absolute atomic E-state index is 0.110. The predicted molar refractivity (Wildman–Crippen MR) is 109 cm³/mol. The van der Waals surface area contributed by atoms with Crippen molar-refractivity contribution in [1.82, 2.24) is 4.90 Å². The molecule has 0 spiro atoms. The first-order valence-electron chi connectivity index (χ1n) is 8.47. The van der Waals surface area contributed by atoms with Crippen LogP contribution in [0.5, 0.6) is 11.5 Å². The number of amides is 1. The van der Waals surface area contributed by atoms with Crippen molar-refractivity contribution < 1.29 is 14.3 Å². The highest BCUT2D eigenvalue weighted by atomic mass is 32.2. The van der Waals surface area contributed by atoms with Gasteiger partial charge in [-0.3, -0.25) is 9.69 Å². The third kappa shape index (κ3) is 4.99. The molecule has 0 bridgehead atoms. The zero-order valence-electron chi connectivity index (χ0n) is 14.6. The Hall–Kier alpha value is -2.05. The van der Waals surface area contributed by atoms with Crippen LogP contribution >= 0.6 is 24.0 Å². The van der Waals surface area contributed by atoms with Crippen LogP contribution in [0, 0.1) is 0 Å². The molecule has 0 aliphatic carbocycles. The minimum atomic E-state index is 0.110. The molecule has 1 aliphatic rings. The van der Waals surface area contributed by atoms with Crippen LogP contribution in [0.4, 0.5) is 0 Å². The van der Waals surface area contributed by atoms with E-state index in [1.165, 1.54) is 22.9 Å². The third-order valence-electron chi connectivity index (χ3n) is 4.21. The maximum Gasteiger partial charge on any atom is 0.238 e. The average Bonchev–Trinajstić information content (AvgIpc) is 2.99. The van der Waals surface area contributed by atoms with Gasteiger partial charge >= 0.3 is 0 Å². The molecular formula is C20H21NO3S2. The van der Waals surface area contributed by atoms with Crippen LogP contribution in [-0.2, 0) is 17.6 Å². The molecule has 1 aliphatic heterocycles. The molecule has 0 saturated carbocycles. The molecule has 4 nitrogen and oxygen atoms in total. The summed E-state index contributed by atoms with van der Waals surface area (Å²) in [4.78, 5) is 13.4. The number of benzene rings is 2. The van der Waals surface area contributed by atoms with Gasteiger partial charge in [0.2, 0.25) is 5.91 Å². The fraction of sp³-hybridized carbons (Fsp3) is 0.300. The van der Waals surface area contributed by atoms with Gasteiger partial charge in [0.1, 0.15) is 15.8 Å². The molecule has 2 aromatic carbocycles. The van der Waals surface area contributed by atoms with E-state index in [1.54, 1.807) is 12.0 Å².